The highest BCUT2D eigenvalue weighted by molar-refractivity contribution is 7.92. The van der Waals surface area contributed by atoms with Crippen LogP contribution in [0, 0.1) is 0 Å². The van der Waals surface area contributed by atoms with Crippen molar-refractivity contribution in [2.45, 2.75) is 24.3 Å². The lowest BCUT2D eigenvalue weighted by molar-refractivity contribution is -0.122. The van der Waals surface area contributed by atoms with Crippen LogP contribution in [0.2, 0.25) is 10.0 Å². The van der Waals surface area contributed by atoms with Gasteiger partial charge in [-0.05, 0) is 73.2 Å². The van der Waals surface area contributed by atoms with Crippen molar-refractivity contribution >= 4 is 50.5 Å². The van der Waals surface area contributed by atoms with Crippen LogP contribution >= 0.6 is 23.2 Å². The van der Waals surface area contributed by atoms with Crippen molar-refractivity contribution in [1.82, 2.24) is 0 Å². The predicted molar refractivity (Wildman–Crippen MR) is 130 cm³/mol. The molecule has 1 unspecified atom stereocenters. The van der Waals surface area contributed by atoms with Crippen molar-refractivity contribution in [1.29, 1.82) is 0 Å². The first-order valence-electron chi connectivity index (χ1n) is 9.90. The van der Waals surface area contributed by atoms with E-state index in [2.05, 4.69) is 10.0 Å². The van der Waals surface area contributed by atoms with E-state index < -0.39 is 16.1 Å². The third-order valence-electron chi connectivity index (χ3n) is 4.55. The number of hydrogen-bond donors (Lipinski definition) is 2. The van der Waals surface area contributed by atoms with Gasteiger partial charge in [-0.15, -0.1) is 0 Å². The Morgan fingerprint density at radius 2 is 1.48 bits per heavy atom. The third-order valence-corrected chi connectivity index (χ3v) is 6.38. The molecule has 3 aromatic carbocycles. The molecule has 0 aromatic heterocycles. The molecule has 10 heteroatoms. The molecule has 3 rings (SSSR count). The van der Waals surface area contributed by atoms with E-state index in [1.54, 1.807) is 31.4 Å². The summed E-state index contributed by atoms with van der Waals surface area (Å²) >= 11 is 11.8. The van der Waals surface area contributed by atoms with Crippen molar-refractivity contribution in [3.8, 4) is 11.5 Å². The van der Waals surface area contributed by atoms with E-state index in [4.69, 9.17) is 32.7 Å². The quantitative estimate of drug-likeness (QED) is 0.392. The monoisotopic (exact) mass is 508 g/mol. The van der Waals surface area contributed by atoms with E-state index in [1.165, 1.54) is 42.5 Å². The van der Waals surface area contributed by atoms with Gasteiger partial charge in [-0.25, -0.2) is 8.42 Å². The molecule has 2 N–H and O–H groups in total. The average Bonchev–Trinajstić information content (AvgIpc) is 2.77. The summed E-state index contributed by atoms with van der Waals surface area (Å²) < 4.78 is 38.6. The molecule has 0 bridgehead atoms. The molecular formula is C23H22Cl2N2O5S. The number of sulfonamides is 1. The number of methoxy groups -OCH3 is 1. The number of rotatable bonds is 9. The fourth-order valence-corrected chi connectivity index (χ4v) is 4.47. The van der Waals surface area contributed by atoms with E-state index >= 15 is 0 Å². The minimum absolute atomic E-state index is 0.0121. The lowest BCUT2D eigenvalue weighted by atomic mass is 10.2. The Morgan fingerprint density at radius 1 is 0.909 bits per heavy atom. The average molecular weight is 509 g/mol. The Kier molecular flexibility index (Phi) is 8.07. The molecule has 0 radical (unpaired) electrons. The molecule has 0 fully saturated rings. The van der Waals surface area contributed by atoms with E-state index in [0.29, 0.717) is 33.7 Å². The van der Waals surface area contributed by atoms with Crippen LogP contribution < -0.4 is 19.5 Å². The van der Waals surface area contributed by atoms with Crippen LogP contribution in [0.25, 0.3) is 0 Å². The SMILES string of the molecule is CCC(Oc1ccc(OC)cc1)C(=O)Nc1ccc(S(=O)(=O)Nc2cc(Cl)cc(Cl)c2)cc1. The molecule has 174 valence electrons. The Balaban J connectivity index is 1.66. The van der Waals surface area contributed by atoms with Crippen molar-refractivity contribution in [2.75, 3.05) is 17.1 Å². The van der Waals surface area contributed by atoms with Crippen molar-refractivity contribution < 1.29 is 22.7 Å². The second kappa shape index (κ2) is 10.8. The molecule has 0 spiro atoms. The number of carbonyl (C=O) groups is 1. The van der Waals surface area contributed by atoms with Crippen LogP contribution in [0.4, 0.5) is 11.4 Å². The third kappa shape index (κ3) is 6.77. The zero-order valence-electron chi connectivity index (χ0n) is 17.8. The summed E-state index contributed by atoms with van der Waals surface area (Å²) in [6, 6.07) is 17.1. The summed E-state index contributed by atoms with van der Waals surface area (Å²) in [5, 5.41) is 3.35. The van der Waals surface area contributed by atoms with E-state index in [9.17, 15) is 13.2 Å². The molecule has 0 saturated carbocycles. The molecule has 0 aliphatic heterocycles. The maximum atomic E-state index is 12.6. The van der Waals surface area contributed by atoms with Crippen LogP contribution in [0.5, 0.6) is 11.5 Å². The minimum Gasteiger partial charge on any atom is -0.497 e. The Morgan fingerprint density at radius 3 is 2.03 bits per heavy atom. The second-order valence-corrected chi connectivity index (χ2v) is 9.52. The first-order chi connectivity index (χ1) is 15.7. The minimum atomic E-state index is -3.87. The Hall–Kier alpha value is -2.94. The summed E-state index contributed by atoms with van der Waals surface area (Å²) in [5.74, 6) is 0.866. The highest BCUT2D eigenvalue weighted by Gasteiger charge is 2.20. The number of anilines is 2. The Bertz CT molecular complexity index is 1200. The Labute approximate surface area is 202 Å². The van der Waals surface area contributed by atoms with Crippen LogP contribution in [0.3, 0.4) is 0 Å². The van der Waals surface area contributed by atoms with Gasteiger partial charge in [0.25, 0.3) is 15.9 Å². The number of hydrogen-bond acceptors (Lipinski definition) is 5. The lowest BCUT2D eigenvalue weighted by Gasteiger charge is -2.17. The molecule has 0 aliphatic carbocycles. The normalized spacial score (nSPS) is 12.0. The zero-order chi connectivity index (χ0) is 24.0. The van der Waals surface area contributed by atoms with Crippen LogP contribution in [-0.4, -0.2) is 27.5 Å². The van der Waals surface area contributed by atoms with Crippen molar-refractivity contribution in [3.63, 3.8) is 0 Å². The highest BCUT2D eigenvalue weighted by Crippen LogP contribution is 2.25. The van der Waals surface area contributed by atoms with Gasteiger partial charge in [0.15, 0.2) is 6.10 Å². The molecular weight excluding hydrogens is 487 g/mol. The first-order valence-corrected chi connectivity index (χ1v) is 12.1. The fourth-order valence-electron chi connectivity index (χ4n) is 2.91. The number of benzene rings is 3. The molecule has 0 aliphatic rings. The largest absolute Gasteiger partial charge is 0.497 e. The van der Waals surface area contributed by atoms with Crippen molar-refractivity contribution in [3.05, 3.63) is 76.8 Å². The van der Waals surface area contributed by atoms with Gasteiger partial charge in [0, 0.05) is 15.7 Å². The second-order valence-electron chi connectivity index (χ2n) is 6.97. The number of ether oxygens (including phenoxy) is 2. The highest BCUT2D eigenvalue weighted by atomic mass is 35.5. The lowest BCUT2D eigenvalue weighted by Crippen LogP contribution is -2.32. The van der Waals surface area contributed by atoms with Crippen molar-refractivity contribution in [2.24, 2.45) is 0 Å². The topological polar surface area (TPSA) is 93.7 Å². The van der Waals surface area contributed by atoms with Gasteiger partial charge in [0.2, 0.25) is 0 Å². The van der Waals surface area contributed by atoms with Gasteiger partial charge in [0.05, 0.1) is 17.7 Å². The smallest absolute Gasteiger partial charge is 0.265 e. The maximum Gasteiger partial charge on any atom is 0.265 e. The summed E-state index contributed by atoms with van der Waals surface area (Å²) in [6.45, 7) is 1.83. The predicted octanol–water partition coefficient (Wildman–Crippen LogP) is 5.60. The van der Waals surface area contributed by atoms with E-state index in [1.807, 2.05) is 6.92 Å². The van der Waals surface area contributed by atoms with Gasteiger partial charge in [0.1, 0.15) is 11.5 Å². The van der Waals surface area contributed by atoms with Crippen LogP contribution in [-0.2, 0) is 14.8 Å². The molecule has 0 heterocycles. The van der Waals surface area contributed by atoms with Gasteiger partial charge >= 0.3 is 0 Å². The fraction of sp³-hybridized carbons (Fsp3) is 0.174. The zero-order valence-corrected chi connectivity index (χ0v) is 20.2. The number of nitrogens with one attached hydrogen (secondary N) is 2. The standard InChI is InChI=1S/C23H22Cl2N2O5S/c1-3-22(32-20-8-6-19(31-2)7-9-20)23(28)26-17-4-10-21(11-5-17)33(29,30)27-18-13-15(24)12-16(25)14-18/h4-14,22,27H,3H2,1-2H3,(H,26,28). The number of carbonyl (C=O) groups excluding carboxylic acids is 1. The molecule has 1 amide bonds. The summed E-state index contributed by atoms with van der Waals surface area (Å²) in [7, 11) is -2.31. The van der Waals surface area contributed by atoms with E-state index in [0.717, 1.165) is 0 Å². The molecule has 33 heavy (non-hydrogen) atoms. The molecule has 1 atom stereocenters. The van der Waals surface area contributed by atoms with Gasteiger partial charge in [-0.3, -0.25) is 9.52 Å². The molecule has 3 aromatic rings. The van der Waals surface area contributed by atoms with Gasteiger partial charge in [-0.1, -0.05) is 30.1 Å². The number of amides is 1. The summed E-state index contributed by atoms with van der Waals surface area (Å²) in [4.78, 5) is 12.7. The van der Waals surface area contributed by atoms with Gasteiger partial charge < -0.3 is 14.8 Å². The van der Waals surface area contributed by atoms with E-state index in [-0.39, 0.29) is 16.5 Å². The maximum absolute atomic E-state index is 12.6. The molecule has 0 saturated heterocycles. The summed E-state index contributed by atoms with van der Waals surface area (Å²) in [6.07, 6.45) is -0.285. The first kappa shape index (κ1) is 24.7. The van der Waals surface area contributed by atoms with Gasteiger partial charge in [-0.2, -0.15) is 0 Å². The van der Waals surface area contributed by atoms with Crippen LogP contribution in [0.1, 0.15) is 13.3 Å². The summed E-state index contributed by atoms with van der Waals surface area (Å²) in [5.41, 5.74) is 0.674. The van der Waals surface area contributed by atoms with Crippen LogP contribution in [0.15, 0.2) is 71.6 Å². The molecule has 7 nitrogen and oxygen atoms in total. The number of halogens is 2.